The maximum absolute atomic E-state index is 13.5. The maximum Gasteiger partial charge on any atom is 0.410 e. The lowest BCUT2D eigenvalue weighted by Gasteiger charge is -2.38. The van der Waals surface area contributed by atoms with Gasteiger partial charge in [-0.3, -0.25) is 9.59 Å². The molecule has 0 N–H and O–H groups in total. The molecule has 1 saturated carbocycles. The Bertz CT molecular complexity index is 625. The molecule has 0 unspecified atom stereocenters. The van der Waals surface area contributed by atoms with E-state index in [0.29, 0.717) is 45.2 Å². The quantitative estimate of drug-likeness (QED) is 0.617. The lowest BCUT2D eigenvalue weighted by atomic mass is 9.85. The van der Waals surface area contributed by atoms with Crippen LogP contribution in [0.5, 0.6) is 0 Å². The molecule has 10 heteroatoms. The van der Waals surface area contributed by atoms with Crippen molar-refractivity contribution in [3.05, 3.63) is 0 Å². The summed E-state index contributed by atoms with van der Waals surface area (Å²) >= 11 is 0. The zero-order valence-electron chi connectivity index (χ0n) is 18.1. The van der Waals surface area contributed by atoms with Gasteiger partial charge in [-0.15, -0.1) is 0 Å². The third kappa shape index (κ3) is 6.30. The minimum atomic E-state index is -0.833. The number of amides is 2. The topological polar surface area (TPSA) is 85.4 Å². The minimum Gasteiger partial charge on any atom is -0.436 e. The first kappa shape index (κ1) is 26.3. The van der Waals surface area contributed by atoms with Crippen LogP contribution >= 0.6 is 27.0 Å². The molecule has 0 aromatic heterocycles. The van der Waals surface area contributed by atoms with Crippen LogP contribution in [0.1, 0.15) is 51.4 Å². The fourth-order valence-corrected chi connectivity index (χ4v) is 5.09. The Labute approximate surface area is 198 Å². The summed E-state index contributed by atoms with van der Waals surface area (Å²) in [5.41, 5.74) is 0. The summed E-state index contributed by atoms with van der Waals surface area (Å²) in [5.74, 6) is 0.107. The summed E-state index contributed by atoms with van der Waals surface area (Å²) in [6, 6.07) is -0.521. The number of nitrogens with zero attached hydrogens (tertiary/aromatic N) is 2. The molecule has 4 rings (SSSR count). The van der Waals surface area contributed by atoms with E-state index < -0.39 is 18.2 Å². The molecular formula is C21H36N2O6S2. The maximum atomic E-state index is 13.5. The molecule has 3 saturated heterocycles. The normalized spacial score (nSPS) is 27.5. The van der Waals surface area contributed by atoms with Gasteiger partial charge in [0.25, 0.3) is 5.91 Å². The average molecular weight is 477 g/mol. The number of likely N-dealkylation sites (tertiary alicyclic amines) is 1. The number of carbonyl (C=O) groups excluding carboxylic acids is 3. The molecule has 2 amide bonds. The third-order valence-electron chi connectivity index (χ3n) is 6.69. The Morgan fingerprint density at radius 3 is 2.42 bits per heavy atom. The van der Waals surface area contributed by atoms with Gasteiger partial charge in [0.15, 0.2) is 11.9 Å². The number of piperidine rings is 1. The molecule has 0 spiro atoms. The highest BCUT2D eigenvalue weighted by Gasteiger charge is 2.46. The Kier molecular flexibility index (Phi) is 10.4. The van der Waals surface area contributed by atoms with Gasteiger partial charge in [0.05, 0.1) is 19.3 Å². The van der Waals surface area contributed by atoms with Gasteiger partial charge in [-0.1, -0.05) is 32.1 Å². The van der Waals surface area contributed by atoms with E-state index in [-0.39, 0.29) is 51.4 Å². The van der Waals surface area contributed by atoms with Crippen molar-refractivity contribution < 1.29 is 28.6 Å². The molecule has 0 aromatic rings. The van der Waals surface area contributed by atoms with Crippen molar-refractivity contribution in [3.63, 3.8) is 0 Å². The number of ether oxygens (including phenoxy) is 3. The zero-order valence-corrected chi connectivity index (χ0v) is 20.1. The highest BCUT2D eigenvalue weighted by Crippen LogP contribution is 2.31. The van der Waals surface area contributed by atoms with Crippen LogP contribution in [0.4, 0.5) is 4.79 Å². The van der Waals surface area contributed by atoms with Crippen LogP contribution in [0.3, 0.4) is 0 Å². The molecule has 0 bridgehead atoms. The fraction of sp³-hybridized carbons (Fsp3) is 0.857. The standard InChI is InChI=1S/C21H32N2O6.2H2S/c24-16-14-28-17-7-4-8-23(19(16)17)20(25)18(13-15-5-2-1-3-6-15)29-21(26)22-9-11-27-12-10-22;;/h15,17-19H,1-14H2;2*1H2/t17-,18+,19-;;/m1../s1. The molecule has 0 aromatic carbocycles. The SMILES string of the molecule is O=C1CO[C@@H]2CCCN(C(=O)[C@H](CC3CCCCC3)OC(=O)N3CCOCC3)[C@H]12.S.S. The number of fused-ring (bicyclic) bond motifs is 1. The first-order chi connectivity index (χ1) is 14.1. The number of rotatable bonds is 4. The van der Waals surface area contributed by atoms with E-state index >= 15 is 0 Å². The first-order valence-electron chi connectivity index (χ1n) is 11.1. The molecule has 4 fully saturated rings. The van der Waals surface area contributed by atoms with Crippen LogP contribution < -0.4 is 0 Å². The molecular weight excluding hydrogens is 440 g/mol. The Balaban J connectivity index is 0.00000171. The van der Waals surface area contributed by atoms with E-state index in [1.54, 1.807) is 9.80 Å². The van der Waals surface area contributed by atoms with Gasteiger partial charge in [-0.05, 0) is 25.2 Å². The van der Waals surface area contributed by atoms with Crippen molar-refractivity contribution in [2.24, 2.45) is 5.92 Å². The third-order valence-corrected chi connectivity index (χ3v) is 6.69. The second-order valence-corrected chi connectivity index (χ2v) is 8.65. The number of Topliss-reactive ketones (excluding diaryl/α,β-unsaturated/α-hetero) is 1. The molecule has 1 aliphatic carbocycles. The number of hydrogen-bond donors (Lipinski definition) is 0. The highest BCUT2D eigenvalue weighted by atomic mass is 32.1. The number of hydrogen-bond acceptors (Lipinski definition) is 6. The lowest BCUT2D eigenvalue weighted by molar-refractivity contribution is -0.150. The van der Waals surface area contributed by atoms with E-state index in [9.17, 15) is 14.4 Å². The predicted molar refractivity (Wildman–Crippen MR) is 124 cm³/mol. The lowest BCUT2D eigenvalue weighted by Crippen LogP contribution is -2.56. The molecule has 3 atom stereocenters. The van der Waals surface area contributed by atoms with Crippen molar-refractivity contribution in [1.29, 1.82) is 0 Å². The van der Waals surface area contributed by atoms with Crippen LogP contribution in [0.25, 0.3) is 0 Å². The number of morpholine rings is 1. The fourth-order valence-electron chi connectivity index (χ4n) is 5.09. The predicted octanol–water partition coefficient (Wildman–Crippen LogP) is 1.98. The van der Waals surface area contributed by atoms with Gasteiger partial charge in [0.2, 0.25) is 0 Å². The van der Waals surface area contributed by atoms with Crippen molar-refractivity contribution in [2.75, 3.05) is 39.5 Å². The highest BCUT2D eigenvalue weighted by molar-refractivity contribution is 7.59. The van der Waals surface area contributed by atoms with Crippen molar-refractivity contribution >= 4 is 44.8 Å². The van der Waals surface area contributed by atoms with Gasteiger partial charge in [-0.2, -0.15) is 27.0 Å². The zero-order chi connectivity index (χ0) is 20.2. The van der Waals surface area contributed by atoms with Gasteiger partial charge in [-0.25, -0.2) is 4.79 Å². The Morgan fingerprint density at radius 1 is 1.00 bits per heavy atom. The van der Waals surface area contributed by atoms with E-state index in [4.69, 9.17) is 14.2 Å². The van der Waals surface area contributed by atoms with Crippen LogP contribution in [0.2, 0.25) is 0 Å². The van der Waals surface area contributed by atoms with E-state index in [1.807, 2.05) is 0 Å². The summed E-state index contributed by atoms with van der Waals surface area (Å²) in [7, 11) is 0. The minimum absolute atomic E-state index is 0. The van der Waals surface area contributed by atoms with Crippen LogP contribution in [-0.2, 0) is 23.8 Å². The van der Waals surface area contributed by atoms with E-state index in [1.165, 1.54) is 6.42 Å². The number of ketones is 1. The van der Waals surface area contributed by atoms with E-state index in [2.05, 4.69) is 0 Å². The van der Waals surface area contributed by atoms with Crippen LogP contribution in [0.15, 0.2) is 0 Å². The second kappa shape index (κ2) is 12.3. The largest absolute Gasteiger partial charge is 0.436 e. The van der Waals surface area contributed by atoms with Gasteiger partial charge in [0.1, 0.15) is 12.6 Å². The van der Waals surface area contributed by atoms with Crippen LogP contribution in [0, 0.1) is 5.92 Å². The average Bonchev–Trinajstić information content (AvgIpc) is 3.15. The summed E-state index contributed by atoms with van der Waals surface area (Å²) in [4.78, 5) is 41.8. The molecule has 3 heterocycles. The van der Waals surface area contributed by atoms with Gasteiger partial charge >= 0.3 is 6.09 Å². The molecule has 0 radical (unpaired) electrons. The first-order valence-corrected chi connectivity index (χ1v) is 11.1. The van der Waals surface area contributed by atoms with Crippen molar-refractivity contribution in [3.8, 4) is 0 Å². The summed E-state index contributed by atoms with van der Waals surface area (Å²) in [6.07, 6.45) is 6.29. The van der Waals surface area contributed by atoms with Gasteiger partial charge in [0, 0.05) is 19.6 Å². The summed E-state index contributed by atoms with van der Waals surface area (Å²) < 4.78 is 16.7. The summed E-state index contributed by atoms with van der Waals surface area (Å²) in [6.45, 7) is 2.51. The van der Waals surface area contributed by atoms with Crippen LogP contribution in [-0.4, -0.2) is 85.3 Å². The molecule has 4 aliphatic rings. The number of carbonyl (C=O) groups is 3. The molecule has 8 nitrogen and oxygen atoms in total. The molecule has 3 aliphatic heterocycles. The summed E-state index contributed by atoms with van der Waals surface area (Å²) in [5, 5.41) is 0. The monoisotopic (exact) mass is 476 g/mol. The van der Waals surface area contributed by atoms with Gasteiger partial charge < -0.3 is 24.0 Å². The Hall–Kier alpha value is -0.970. The molecule has 31 heavy (non-hydrogen) atoms. The van der Waals surface area contributed by atoms with Crippen molar-refractivity contribution in [2.45, 2.75) is 69.6 Å². The second-order valence-electron chi connectivity index (χ2n) is 8.65. The molecule has 178 valence electrons. The van der Waals surface area contributed by atoms with Crippen molar-refractivity contribution in [1.82, 2.24) is 9.80 Å². The smallest absolute Gasteiger partial charge is 0.410 e. The van der Waals surface area contributed by atoms with E-state index in [0.717, 1.165) is 38.5 Å². The Morgan fingerprint density at radius 2 is 1.71 bits per heavy atom.